The topological polar surface area (TPSA) is 58.2 Å². The maximum Gasteiger partial charge on any atom is 0.226 e. The molecule has 2 amide bonds. The molecule has 4 bridgehead atoms. The highest BCUT2D eigenvalue weighted by Gasteiger charge is 2.54. The highest BCUT2D eigenvalue weighted by atomic mass is 32.1. The van der Waals surface area contributed by atoms with E-state index in [-0.39, 0.29) is 17.2 Å². The quantitative estimate of drug-likeness (QED) is 0.582. The zero-order chi connectivity index (χ0) is 20.6. The molecule has 4 aliphatic carbocycles. The maximum absolute atomic E-state index is 13.0. The van der Waals surface area contributed by atoms with Gasteiger partial charge < -0.3 is 10.6 Å². The van der Waals surface area contributed by atoms with E-state index in [0.29, 0.717) is 19.4 Å². The van der Waals surface area contributed by atoms with E-state index in [9.17, 15) is 9.59 Å². The molecule has 0 aliphatic heterocycles. The molecule has 4 nitrogen and oxygen atoms in total. The van der Waals surface area contributed by atoms with Crippen LogP contribution in [0.5, 0.6) is 0 Å². The first-order chi connectivity index (χ1) is 14.6. The standard InChI is InChI=1S/C25H30N2O2S/c28-23(27-21-6-2-1-5-20(21)22-7-4-10-30-22)8-3-9-26-24(29)25-14-17-11-18(15-25)13-19(12-17)16-25/h1-2,4-7,10,17-19H,3,8-9,11-16H2,(H,26,29)(H,27,28). The Hall–Kier alpha value is -2.14. The smallest absolute Gasteiger partial charge is 0.226 e. The van der Waals surface area contributed by atoms with Crippen LogP contribution in [0.3, 0.4) is 0 Å². The summed E-state index contributed by atoms with van der Waals surface area (Å²) in [6.07, 6.45) is 8.39. The van der Waals surface area contributed by atoms with Crippen molar-refractivity contribution in [2.75, 3.05) is 11.9 Å². The molecular weight excluding hydrogens is 392 g/mol. The van der Waals surface area contributed by atoms with Crippen LogP contribution in [-0.2, 0) is 9.59 Å². The lowest BCUT2D eigenvalue weighted by atomic mass is 9.49. The third-order valence-corrected chi connectivity index (χ3v) is 8.28. The van der Waals surface area contributed by atoms with Gasteiger partial charge in [-0.3, -0.25) is 9.59 Å². The van der Waals surface area contributed by atoms with Gasteiger partial charge in [0.15, 0.2) is 0 Å². The summed E-state index contributed by atoms with van der Waals surface area (Å²) in [5.74, 6) is 2.58. The zero-order valence-electron chi connectivity index (χ0n) is 17.4. The van der Waals surface area contributed by atoms with Gasteiger partial charge in [-0.05, 0) is 80.2 Å². The van der Waals surface area contributed by atoms with E-state index in [0.717, 1.165) is 53.1 Å². The minimum absolute atomic E-state index is 0.00283. The number of carbonyl (C=O) groups is 2. The number of carbonyl (C=O) groups excluding carboxylic acids is 2. The Balaban J connectivity index is 1.11. The van der Waals surface area contributed by atoms with Gasteiger partial charge in [-0.25, -0.2) is 0 Å². The second-order valence-electron chi connectivity index (χ2n) is 9.63. The summed E-state index contributed by atoms with van der Waals surface area (Å²) < 4.78 is 0. The van der Waals surface area contributed by atoms with Crippen molar-refractivity contribution in [1.29, 1.82) is 0 Å². The van der Waals surface area contributed by atoms with Gasteiger partial charge in [-0.1, -0.05) is 24.3 Å². The fraction of sp³-hybridized carbons (Fsp3) is 0.520. The third-order valence-electron chi connectivity index (χ3n) is 7.37. The highest BCUT2D eigenvalue weighted by molar-refractivity contribution is 7.13. The second-order valence-corrected chi connectivity index (χ2v) is 10.6. The molecule has 0 atom stereocenters. The van der Waals surface area contributed by atoms with Gasteiger partial charge in [0, 0.05) is 34.5 Å². The summed E-state index contributed by atoms with van der Waals surface area (Å²) in [7, 11) is 0. The molecule has 6 rings (SSSR count). The van der Waals surface area contributed by atoms with E-state index < -0.39 is 0 Å². The Bertz CT molecular complexity index is 886. The average molecular weight is 423 g/mol. The Kier molecular flexibility index (Phi) is 5.40. The van der Waals surface area contributed by atoms with Crippen molar-refractivity contribution < 1.29 is 9.59 Å². The van der Waals surface area contributed by atoms with Crippen LogP contribution in [0.2, 0.25) is 0 Å². The summed E-state index contributed by atoms with van der Waals surface area (Å²) in [6.45, 7) is 0.584. The van der Waals surface area contributed by atoms with Crippen molar-refractivity contribution in [2.24, 2.45) is 23.2 Å². The van der Waals surface area contributed by atoms with Crippen molar-refractivity contribution in [2.45, 2.75) is 51.4 Å². The number of hydrogen-bond donors (Lipinski definition) is 2. The van der Waals surface area contributed by atoms with E-state index in [1.807, 2.05) is 35.7 Å². The summed E-state index contributed by atoms with van der Waals surface area (Å²) in [6, 6.07) is 12.0. The van der Waals surface area contributed by atoms with E-state index in [1.165, 1.54) is 19.3 Å². The van der Waals surface area contributed by atoms with Gasteiger partial charge in [-0.15, -0.1) is 11.3 Å². The number of rotatable bonds is 7. The Morgan fingerprint density at radius 1 is 0.967 bits per heavy atom. The summed E-state index contributed by atoms with van der Waals surface area (Å²) in [5.41, 5.74) is 1.80. The summed E-state index contributed by atoms with van der Waals surface area (Å²) in [5, 5.41) is 8.27. The Morgan fingerprint density at radius 3 is 2.33 bits per heavy atom. The Morgan fingerprint density at radius 2 is 1.67 bits per heavy atom. The molecule has 0 spiro atoms. The van der Waals surface area contributed by atoms with Crippen molar-refractivity contribution in [3.8, 4) is 10.4 Å². The molecular formula is C25H30N2O2S. The molecule has 2 aromatic rings. The lowest BCUT2D eigenvalue weighted by Gasteiger charge is -2.55. The zero-order valence-corrected chi connectivity index (χ0v) is 18.2. The van der Waals surface area contributed by atoms with Gasteiger partial charge in [0.2, 0.25) is 11.8 Å². The number of thiophene rings is 1. The predicted octanol–water partition coefficient (Wildman–Crippen LogP) is 5.47. The number of anilines is 1. The van der Waals surface area contributed by atoms with Crippen molar-refractivity contribution in [3.05, 3.63) is 41.8 Å². The summed E-state index contributed by atoms with van der Waals surface area (Å²) in [4.78, 5) is 26.6. The highest BCUT2D eigenvalue weighted by Crippen LogP contribution is 2.60. The first-order valence-electron chi connectivity index (χ1n) is 11.3. The van der Waals surface area contributed by atoms with E-state index in [2.05, 4.69) is 16.7 Å². The molecule has 30 heavy (non-hydrogen) atoms. The number of para-hydroxylation sites is 1. The lowest BCUT2D eigenvalue weighted by Crippen LogP contribution is -2.53. The monoisotopic (exact) mass is 422 g/mol. The first-order valence-corrected chi connectivity index (χ1v) is 12.2. The summed E-state index contributed by atoms with van der Waals surface area (Å²) >= 11 is 1.67. The van der Waals surface area contributed by atoms with Crippen LogP contribution in [-0.4, -0.2) is 18.4 Å². The SMILES string of the molecule is O=C(CCCNC(=O)C12CC3CC(CC(C3)C1)C2)Nc1ccccc1-c1cccs1. The lowest BCUT2D eigenvalue weighted by molar-refractivity contribution is -0.146. The van der Waals surface area contributed by atoms with Crippen molar-refractivity contribution in [1.82, 2.24) is 5.32 Å². The van der Waals surface area contributed by atoms with Crippen LogP contribution in [0.4, 0.5) is 5.69 Å². The second kappa shape index (κ2) is 8.18. The average Bonchev–Trinajstić information content (AvgIpc) is 3.25. The van der Waals surface area contributed by atoms with E-state index >= 15 is 0 Å². The number of hydrogen-bond acceptors (Lipinski definition) is 3. The molecule has 158 valence electrons. The van der Waals surface area contributed by atoms with E-state index in [4.69, 9.17) is 0 Å². The molecule has 2 N–H and O–H groups in total. The molecule has 1 aromatic heterocycles. The largest absolute Gasteiger partial charge is 0.356 e. The molecule has 0 unspecified atom stereocenters. The van der Waals surface area contributed by atoms with E-state index in [1.54, 1.807) is 11.3 Å². The third kappa shape index (κ3) is 3.92. The first kappa shape index (κ1) is 19.8. The fourth-order valence-corrected chi connectivity index (χ4v) is 7.24. The molecule has 4 aliphatic rings. The van der Waals surface area contributed by atoms with Crippen molar-refractivity contribution in [3.63, 3.8) is 0 Å². The van der Waals surface area contributed by atoms with Crippen LogP contribution in [0, 0.1) is 23.2 Å². The molecule has 1 aromatic carbocycles. The van der Waals surface area contributed by atoms with Gasteiger partial charge >= 0.3 is 0 Å². The normalized spacial score (nSPS) is 29.0. The molecule has 5 heteroatoms. The van der Waals surface area contributed by atoms with Gasteiger partial charge in [-0.2, -0.15) is 0 Å². The molecule has 1 heterocycles. The predicted molar refractivity (Wildman–Crippen MR) is 121 cm³/mol. The van der Waals surface area contributed by atoms with Crippen molar-refractivity contribution >= 4 is 28.8 Å². The molecule has 4 fully saturated rings. The van der Waals surface area contributed by atoms with Gasteiger partial charge in [0.1, 0.15) is 0 Å². The number of amides is 2. The molecule has 0 saturated heterocycles. The minimum atomic E-state index is -0.101. The van der Waals surface area contributed by atoms with Crippen LogP contribution in [0.25, 0.3) is 10.4 Å². The van der Waals surface area contributed by atoms with Crippen LogP contribution in [0.15, 0.2) is 41.8 Å². The Labute approximate surface area is 182 Å². The number of benzene rings is 1. The number of nitrogens with one attached hydrogen (secondary N) is 2. The molecule has 0 radical (unpaired) electrons. The van der Waals surface area contributed by atoms with Crippen LogP contribution < -0.4 is 10.6 Å². The minimum Gasteiger partial charge on any atom is -0.356 e. The van der Waals surface area contributed by atoms with Crippen LogP contribution >= 0.6 is 11.3 Å². The fourth-order valence-electron chi connectivity index (χ4n) is 6.48. The molecule has 4 saturated carbocycles. The maximum atomic E-state index is 13.0. The van der Waals surface area contributed by atoms with Crippen LogP contribution in [0.1, 0.15) is 51.4 Å². The van der Waals surface area contributed by atoms with Gasteiger partial charge in [0.25, 0.3) is 0 Å². The van der Waals surface area contributed by atoms with Gasteiger partial charge in [0.05, 0.1) is 0 Å².